The smallest absolute Gasteiger partial charge is 0.153 e. The van der Waals surface area contributed by atoms with Gasteiger partial charge in [-0.25, -0.2) is 8.42 Å². The Morgan fingerprint density at radius 3 is 2.31 bits per heavy atom. The molecule has 2 aliphatic carbocycles. The van der Waals surface area contributed by atoms with E-state index in [-0.39, 0.29) is 10.7 Å². The molecule has 2 rings (SSSR count). The van der Waals surface area contributed by atoms with Crippen molar-refractivity contribution in [1.82, 2.24) is 0 Å². The molecule has 0 aromatic carbocycles. The second-order valence-corrected chi connectivity index (χ2v) is 6.92. The molecule has 0 aromatic rings. The SMILES string of the molecule is NCC1(CCS(=O)(=O)C2CC2)CC1. The molecule has 2 saturated carbocycles. The molecule has 0 saturated heterocycles. The topological polar surface area (TPSA) is 60.2 Å². The van der Waals surface area contributed by atoms with E-state index in [0.29, 0.717) is 12.3 Å². The summed E-state index contributed by atoms with van der Waals surface area (Å²) < 4.78 is 23.1. The van der Waals surface area contributed by atoms with Crippen LogP contribution in [-0.2, 0) is 9.84 Å². The Labute approximate surface area is 79.6 Å². The van der Waals surface area contributed by atoms with Gasteiger partial charge >= 0.3 is 0 Å². The van der Waals surface area contributed by atoms with Gasteiger partial charge in [0.1, 0.15) is 0 Å². The average Bonchev–Trinajstić information content (AvgIpc) is 2.96. The number of sulfone groups is 1. The van der Waals surface area contributed by atoms with Crippen molar-refractivity contribution >= 4 is 9.84 Å². The zero-order valence-corrected chi connectivity index (χ0v) is 8.65. The minimum Gasteiger partial charge on any atom is -0.330 e. The van der Waals surface area contributed by atoms with Crippen LogP contribution in [0.3, 0.4) is 0 Å². The maximum absolute atomic E-state index is 11.5. The molecule has 0 radical (unpaired) electrons. The van der Waals surface area contributed by atoms with E-state index in [1.165, 1.54) is 0 Å². The first-order chi connectivity index (χ1) is 6.08. The van der Waals surface area contributed by atoms with Crippen LogP contribution >= 0.6 is 0 Å². The van der Waals surface area contributed by atoms with Gasteiger partial charge < -0.3 is 5.73 Å². The summed E-state index contributed by atoms with van der Waals surface area (Å²) in [6.45, 7) is 0.660. The predicted octanol–water partition coefficient (Wildman–Crippen LogP) is 0.693. The first kappa shape index (κ1) is 9.46. The maximum atomic E-state index is 11.5. The zero-order valence-electron chi connectivity index (χ0n) is 7.83. The van der Waals surface area contributed by atoms with Crippen molar-refractivity contribution in [2.24, 2.45) is 11.1 Å². The fourth-order valence-electron chi connectivity index (χ4n) is 1.69. The lowest BCUT2D eigenvalue weighted by Crippen LogP contribution is -2.21. The van der Waals surface area contributed by atoms with Gasteiger partial charge in [-0.1, -0.05) is 0 Å². The van der Waals surface area contributed by atoms with Crippen molar-refractivity contribution in [3.63, 3.8) is 0 Å². The summed E-state index contributed by atoms with van der Waals surface area (Å²) >= 11 is 0. The predicted molar refractivity (Wildman–Crippen MR) is 52.1 cm³/mol. The Balaban J connectivity index is 1.85. The van der Waals surface area contributed by atoms with Gasteiger partial charge in [0.15, 0.2) is 9.84 Å². The van der Waals surface area contributed by atoms with E-state index >= 15 is 0 Å². The van der Waals surface area contributed by atoms with Crippen LogP contribution in [0.25, 0.3) is 0 Å². The highest BCUT2D eigenvalue weighted by molar-refractivity contribution is 7.92. The van der Waals surface area contributed by atoms with Crippen molar-refractivity contribution in [2.45, 2.75) is 37.4 Å². The normalized spacial score (nSPS) is 25.9. The Morgan fingerprint density at radius 2 is 1.92 bits per heavy atom. The van der Waals surface area contributed by atoms with Gasteiger partial charge in [-0.05, 0) is 44.1 Å². The number of rotatable bonds is 5. The number of nitrogens with two attached hydrogens (primary N) is 1. The fourth-order valence-corrected chi connectivity index (χ4v) is 3.59. The van der Waals surface area contributed by atoms with Gasteiger partial charge in [-0.3, -0.25) is 0 Å². The molecule has 13 heavy (non-hydrogen) atoms. The van der Waals surface area contributed by atoms with Crippen LogP contribution < -0.4 is 5.73 Å². The molecular formula is C9H17NO2S. The van der Waals surface area contributed by atoms with Crippen LogP contribution in [0.4, 0.5) is 0 Å². The number of hydrogen-bond acceptors (Lipinski definition) is 3. The maximum Gasteiger partial charge on any atom is 0.153 e. The molecule has 0 amide bonds. The second kappa shape index (κ2) is 2.95. The van der Waals surface area contributed by atoms with E-state index in [1.807, 2.05) is 0 Å². The van der Waals surface area contributed by atoms with E-state index in [2.05, 4.69) is 0 Å². The zero-order chi connectivity index (χ0) is 9.53. The lowest BCUT2D eigenvalue weighted by molar-refractivity contribution is 0.498. The van der Waals surface area contributed by atoms with Gasteiger partial charge in [-0.15, -0.1) is 0 Å². The third-order valence-corrected chi connectivity index (χ3v) is 5.60. The van der Waals surface area contributed by atoms with Gasteiger partial charge in [0.25, 0.3) is 0 Å². The quantitative estimate of drug-likeness (QED) is 0.715. The molecule has 76 valence electrons. The van der Waals surface area contributed by atoms with Crippen LogP contribution in [0.15, 0.2) is 0 Å². The molecule has 0 bridgehead atoms. The van der Waals surface area contributed by atoms with Crippen molar-refractivity contribution in [1.29, 1.82) is 0 Å². The van der Waals surface area contributed by atoms with Crippen molar-refractivity contribution < 1.29 is 8.42 Å². The summed E-state index contributed by atoms with van der Waals surface area (Å²) in [7, 11) is -2.75. The monoisotopic (exact) mass is 203 g/mol. The van der Waals surface area contributed by atoms with E-state index in [4.69, 9.17) is 5.73 Å². The van der Waals surface area contributed by atoms with Crippen LogP contribution in [0, 0.1) is 5.41 Å². The summed E-state index contributed by atoms with van der Waals surface area (Å²) in [6, 6.07) is 0. The highest BCUT2D eigenvalue weighted by Gasteiger charge is 2.43. The standard InChI is InChI=1S/C9H17NO2S/c10-7-9(3-4-9)5-6-13(11,12)8-1-2-8/h8H,1-7,10H2. The minimum atomic E-state index is -2.75. The highest BCUT2D eigenvalue weighted by Crippen LogP contribution is 2.48. The lowest BCUT2D eigenvalue weighted by Gasteiger charge is -2.11. The third kappa shape index (κ3) is 2.05. The Hall–Kier alpha value is -0.0900. The molecule has 0 aromatic heterocycles. The summed E-state index contributed by atoms with van der Waals surface area (Å²) in [5.74, 6) is 0.370. The van der Waals surface area contributed by atoms with Crippen molar-refractivity contribution in [3.05, 3.63) is 0 Å². The second-order valence-electron chi connectivity index (χ2n) is 4.52. The van der Waals surface area contributed by atoms with Gasteiger partial charge in [0.05, 0.1) is 11.0 Å². The fraction of sp³-hybridized carbons (Fsp3) is 1.00. The molecule has 0 heterocycles. The van der Waals surface area contributed by atoms with E-state index in [1.54, 1.807) is 0 Å². The minimum absolute atomic E-state index is 0.000995. The molecular weight excluding hydrogens is 186 g/mol. The molecule has 3 nitrogen and oxygen atoms in total. The van der Waals surface area contributed by atoms with E-state index in [9.17, 15) is 8.42 Å². The van der Waals surface area contributed by atoms with Gasteiger partial charge in [0, 0.05) is 0 Å². The Morgan fingerprint density at radius 1 is 1.31 bits per heavy atom. The van der Waals surface area contributed by atoms with Crippen molar-refractivity contribution in [3.8, 4) is 0 Å². The largest absolute Gasteiger partial charge is 0.330 e. The Kier molecular flexibility index (Phi) is 2.15. The van der Waals surface area contributed by atoms with Crippen molar-refractivity contribution in [2.75, 3.05) is 12.3 Å². The van der Waals surface area contributed by atoms with Crippen LogP contribution in [0.2, 0.25) is 0 Å². The number of hydrogen-bond donors (Lipinski definition) is 1. The van der Waals surface area contributed by atoms with Crippen LogP contribution in [0.5, 0.6) is 0 Å². The van der Waals surface area contributed by atoms with Crippen LogP contribution in [0.1, 0.15) is 32.1 Å². The summed E-state index contributed by atoms with van der Waals surface area (Å²) in [6.07, 6.45) is 4.83. The molecule has 2 fully saturated rings. The summed E-state index contributed by atoms with van der Waals surface area (Å²) in [5, 5.41) is 0.000995. The molecule has 0 spiro atoms. The summed E-state index contributed by atoms with van der Waals surface area (Å²) in [5.41, 5.74) is 5.81. The van der Waals surface area contributed by atoms with E-state index in [0.717, 1.165) is 32.1 Å². The van der Waals surface area contributed by atoms with E-state index < -0.39 is 9.84 Å². The first-order valence-electron chi connectivity index (χ1n) is 5.00. The molecule has 2 aliphatic rings. The molecule has 0 aliphatic heterocycles. The molecule has 2 N–H and O–H groups in total. The molecule has 0 unspecified atom stereocenters. The average molecular weight is 203 g/mol. The van der Waals surface area contributed by atoms with Gasteiger partial charge in [-0.2, -0.15) is 0 Å². The Bertz CT molecular complexity index is 289. The van der Waals surface area contributed by atoms with Crippen LogP contribution in [-0.4, -0.2) is 26.0 Å². The van der Waals surface area contributed by atoms with Gasteiger partial charge in [0.2, 0.25) is 0 Å². The first-order valence-corrected chi connectivity index (χ1v) is 6.71. The molecule has 4 heteroatoms. The lowest BCUT2D eigenvalue weighted by atomic mass is 10.1. The highest BCUT2D eigenvalue weighted by atomic mass is 32.2. The molecule has 0 atom stereocenters. The third-order valence-electron chi connectivity index (χ3n) is 3.34. The summed E-state index contributed by atoms with van der Waals surface area (Å²) in [4.78, 5) is 0.